The predicted molar refractivity (Wildman–Crippen MR) is 207 cm³/mol. The van der Waals surface area contributed by atoms with E-state index in [9.17, 15) is 4.79 Å². The molecule has 1 aliphatic heterocycles. The summed E-state index contributed by atoms with van der Waals surface area (Å²) in [6.07, 6.45) is 3.81. The Balaban J connectivity index is 1.19. The van der Waals surface area contributed by atoms with Crippen LogP contribution in [0.4, 0.5) is 0 Å². The molecule has 0 unspecified atom stereocenters. The van der Waals surface area contributed by atoms with Crippen LogP contribution in [0.2, 0.25) is 0 Å². The third-order valence-electron chi connectivity index (χ3n) is 8.63. The average Bonchev–Trinajstić information content (AvgIpc) is 3.37. The number of allylic oxidation sites excluding steroid dienone is 1. The van der Waals surface area contributed by atoms with Crippen molar-refractivity contribution in [3.05, 3.63) is 168 Å². The van der Waals surface area contributed by atoms with Gasteiger partial charge in [0.15, 0.2) is 4.80 Å². The fourth-order valence-corrected chi connectivity index (χ4v) is 9.88. The number of aryl methyl sites for hydroxylation is 1. The zero-order valence-electron chi connectivity index (χ0n) is 24.3. The van der Waals surface area contributed by atoms with Crippen LogP contribution < -0.4 is 19.6 Å². The molecule has 0 fully saturated rings. The summed E-state index contributed by atoms with van der Waals surface area (Å²) in [6.45, 7) is 0.481. The molecular formula is C38H25BrI2N2O2S. The second kappa shape index (κ2) is 12.5. The van der Waals surface area contributed by atoms with Gasteiger partial charge in [0.1, 0.15) is 12.4 Å². The molecule has 6 aromatic rings. The molecule has 8 heteroatoms. The lowest BCUT2D eigenvalue weighted by Crippen LogP contribution is -2.38. The second-order valence-electron chi connectivity index (χ2n) is 11.4. The number of benzene rings is 5. The van der Waals surface area contributed by atoms with Gasteiger partial charge in [-0.05, 0) is 127 Å². The highest BCUT2D eigenvalue weighted by atomic mass is 127. The summed E-state index contributed by atoms with van der Waals surface area (Å²) in [4.78, 5) is 20.1. The molecule has 46 heavy (non-hydrogen) atoms. The molecule has 8 rings (SSSR count). The topological polar surface area (TPSA) is 43.6 Å². The van der Waals surface area contributed by atoms with E-state index in [-0.39, 0.29) is 11.6 Å². The van der Waals surface area contributed by atoms with Crippen LogP contribution in [0.5, 0.6) is 5.75 Å². The molecular weight excluding hydrogens is 882 g/mol. The van der Waals surface area contributed by atoms with Crippen LogP contribution in [0.1, 0.15) is 40.3 Å². The summed E-state index contributed by atoms with van der Waals surface area (Å²) in [5.41, 5.74) is 7.90. The van der Waals surface area contributed by atoms with E-state index in [1.54, 1.807) is 0 Å². The summed E-state index contributed by atoms with van der Waals surface area (Å²) in [7, 11) is 0. The molecule has 2 aliphatic rings. The van der Waals surface area contributed by atoms with Crippen molar-refractivity contribution < 1.29 is 4.74 Å². The van der Waals surface area contributed by atoms with E-state index in [0.717, 1.165) is 57.4 Å². The maximum atomic E-state index is 14.2. The van der Waals surface area contributed by atoms with E-state index < -0.39 is 0 Å². The number of rotatable bonds is 5. The number of hydrogen-bond acceptors (Lipinski definition) is 4. The molecule has 0 radical (unpaired) electrons. The molecule has 2 heterocycles. The minimum absolute atomic E-state index is 0.0108. The van der Waals surface area contributed by atoms with Gasteiger partial charge < -0.3 is 4.74 Å². The predicted octanol–water partition coefficient (Wildman–Crippen LogP) is 9.02. The lowest BCUT2D eigenvalue weighted by molar-refractivity contribution is 0.303. The Morgan fingerprint density at radius 1 is 0.913 bits per heavy atom. The molecule has 5 aromatic carbocycles. The second-order valence-corrected chi connectivity index (χ2v) is 15.7. The number of fused-ring (bicyclic) bond motifs is 4. The number of halogens is 3. The Hall–Kier alpha value is -3.06. The zero-order chi connectivity index (χ0) is 31.4. The van der Waals surface area contributed by atoms with Crippen molar-refractivity contribution in [1.29, 1.82) is 0 Å². The van der Waals surface area contributed by atoms with Gasteiger partial charge in [-0.2, -0.15) is 0 Å². The molecule has 0 N–H and O–H groups in total. The standard InChI is InChI=1S/C38H25BrI2N2O2S/c39-27-15-12-25(13-16-27)35-30-17-14-24-7-2-4-11-29(24)34(30)42-38-43(35)37(44)33(46-38)20-22-18-31(40)36(32(41)19-22)45-21-26-9-5-8-23-6-1-3-10-28(23)26/h1-13,15-16,18-20,35H,14,17,21H2/b33-20-/t35-/m0/s1. The van der Waals surface area contributed by atoms with Crippen LogP contribution in [0.3, 0.4) is 0 Å². The van der Waals surface area contributed by atoms with Gasteiger partial charge in [0, 0.05) is 10.0 Å². The maximum Gasteiger partial charge on any atom is 0.271 e. The number of ether oxygens (including phenoxy) is 1. The third-order valence-corrected chi connectivity index (χ3v) is 11.7. The van der Waals surface area contributed by atoms with E-state index >= 15 is 0 Å². The first-order chi connectivity index (χ1) is 22.4. The molecule has 1 aliphatic carbocycles. The largest absolute Gasteiger partial charge is 0.487 e. The van der Waals surface area contributed by atoms with Crippen molar-refractivity contribution in [3.8, 4) is 5.75 Å². The van der Waals surface area contributed by atoms with Crippen LogP contribution >= 0.6 is 72.4 Å². The maximum absolute atomic E-state index is 14.2. The highest BCUT2D eigenvalue weighted by Crippen LogP contribution is 2.41. The normalized spacial score (nSPS) is 15.7. The SMILES string of the molecule is O=c1/c(=C/c2cc(I)c(OCc3cccc4ccccc34)c(I)c2)sc2n1[C@@H](c1ccc(Br)cc1)C1=C(N=2)c2ccccc2CC1. The lowest BCUT2D eigenvalue weighted by atomic mass is 9.83. The Morgan fingerprint density at radius 3 is 2.48 bits per heavy atom. The summed E-state index contributed by atoms with van der Waals surface area (Å²) in [5, 5.41) is 2.41. The van der Waals surface area contributed by atoms with Crippen LogP contribution in [-0.2, 0) is 13.0 Å². The smallest absolute Gasteiger partial charge is 0.271 e. The van der Waals surface area contributed by atoms with Crippen LogP contribution in [0, 0.1) is 7.14 Å². The molecule has 0 bridgehead atoms. The van der Waals surface area contributed by atoms with Gasteiger partial charge in [0.05, 0.1) is 23.4 Å². The Morgan fingerprint density at radius 2 is 1.65 bits per heavy atom. The first kappa shape index (κ1) is 30.3. The minimum atomic E-state index is -0.194. The van der Waals surface area contributed by atoms with E-state index in [1.807, 2.05) is 10.6 Å². The molecule has 0 spiro atoms. The van der Waals surface area contributed by atoms with E-state index in [2.05, 4.69) is 164 Å². The summed E-state index contributed by atoms with van der Waals surface area (Å²) >= 11 is 9.72. The van der Waals surface area contributed by atoms with Gasteiger partial charge in [0.25, 0.3) is 5.56 Å². The quantitative estimate of drug-likeness (QED) is 0.162. The number of aromatic nitrogens is 1. The van der Waals surface area contributed by atoms with Crippen molar-refractivity contribution in [2.45, 2.75) is 25.5 Å². The van der Waals surface area contributed by atoms with Crippen molar-refractivity contribution >= 4 is 95.0 Å². The number of nitrogens with zero attached hydrogens (tertiary/aromatic N) is 2. The van der Waals surface area contributed by atoms with Crippen molar-refractivity contribution in [2.75, 3.05) is 0 Å². The summed E-state index contributed by atoms with van der Waals surface area (Å²) < 4.78 is 12.0. The fraction of sp³-hybridized carbons (Fsp3) is 0.105. The minimum Gasteiger partial charge on any atom is -0.487 e. The van der Waals surface area contributed by atoms with Crippen LogP contribution in [0.15, 0.2) is 123 Å². The Labute approximate surface area is 305 Å². The van der Waals surface area contributed by atoms with Crippen molar-refractivity contribution in [1.82, 2.24) is 4.57 Å². The zero-order valence-corrected chi connectivity index (χ0v) is 31.1. The Bertz CT molecular complexity index is 2370. The molecule has 4 nitrogen and oxygen atoms in total. The van der Waals surface area contributed by atoms with E-state index in [0.29, 0.717) is 11.1 Å². The molecule has 1 atom stereocenters. The lowest BCUT2D eigenvalue weighted by Gasteiger charge is -2.30. The molecule has 0 amide bonds. The fourth-order valence-electron chi connectivity index (χ4n) is 6.49. The highest BCUT2D eigenvalue weighted by molar-refractivity contribution is 14.1. The molecule has 226 valence electrons. The number of thiazole rings is 1. The summed E-state index contributed by atoms with van der Waals surface area (Å²) in [6, 6.07) is 35.5. The molecule has 0 saturated heterocycles. The third kappa shape index (κ3) is 5.50. The van der Waals surface area contributed by atoms with Gasteiger partial charge in [-0.3, -0.25) is 9.36 Å². The van der Waals surface area contributed by atoms with Gasteiger partial charge in [-0.25, -0.2) is 4.99 Å². The van der Waals surface area contributed by atoms with E-state index in [4.69, 9.17) is 9.73 Å². The van der Waals surface area contributed by atoms with Crippen LogP contribution in [0.25, 0.3) is 22.5 Å². The average molecular weight is 907 g/mol. The number of hydrogen-bond donors (Lipinski definition) is 0. The van der Waals surface area contributed by atoms with Crippen molar-refractivity contribution in [2.24, 2.45) is 4.99 Å². The van der Waals surface area contributed by atoms with Gasteiger partial charge in [0.2, 0.25) is 0 Å². The first-order valence-electron chi connectivity index (χ1n) is 14.9. The van der Waals surface area contributed by atoms with Gasteiger partial charge in [-0.15, -0.1) is 0 Å². The highest BCUT2D eigenvalue weighted by Gasteiger charge is 2.32. The van der Waals surface area contributed by atoms with Gasteiger partial charge in [-0.1, -0.05) is 106 Å². The van der Waals surface area contributed by atoms with E-state index in [1.165, 1.54) is 38.8 Å². The monoisotopic (exact) mass is 906 g/mol. The molecule has 1 aromatic heterocycles. The Kier molecular flexibility index (Phi) is 8.24. The molecule has 0 saturated carbocycles. The first-order valence-corrected chi connectivity index (χ1v) is 18.7. The van der Waals surface area contributed by atoms with Crippen LogP contribution in [-0.4, -0.2) is 4.57 Å². The summed E-state index contributed by atoms with van der Waals surface area (Å²) in [5.74, 6) is 0.856. The van der Waals surface area contributed by atoms with Crippen molar-refractivity contribution in [3.63, 3.8) is 0 Å². The van der Waals surface area contributed by atoms with Gasteiger partial charge >= 0.3 is 0 Å².